The fourth-order valence-corrected chi connectivity index (χ4v) is 1.74. The van der Waals surface area contributed by atoms with E-state index >= 15 is 0 Å². The highest BCUT2D eigenvalue weighted by molar-refractivity contribution is 7.80. The van der Waals surface area contributed by atoms with Crippen molar-refractivity contribution in [1.82, 2.24) is 5.32 Å². The summed E-state index contributed by atoms with van der Waals surface area (Å²) in [5.41, 5.74) is 0.910. The number of ether oxygens (including phenoxy) is 1. The van der Waals surface area contributed by atoms with Gasteiger partial charge in [-0.25, -0.2) is 0 Å². The molecule has 2 aromatic rings. The van der Waals surface area contributed by atoms with Gasteiger partial charge in [-0.15, -0.1) is 0 Å². The number of rotatable bonds is 4. The van der Waals surface area contributed by atoms with Gasteiger partial charge < -0.3 is 15.4 Å². The summed E-state index contributed by atoms with van der Waals surface area (Å²) >= 11 is 5.13. The standard InChI is InChI=1S/C16H16N2OS/c1-2-12-17-16(20)18-13-8-10-15(11-9-13)19-14-6-4-3-5-7-14/h2-12H,1H3,(H2,17,18,20). The van der Waals surface area contributed by atoms with Crippen LogP contribution in [0.15, 0.2) is 66.9 Å². The zero-order chi connectivity index (χ0) is 14.2. The lowest BCUT2D eigenvalue weighted by molar-refractivity contribution is 0.483. The van der Waals surface area contributed by atoms with Gasteiger partial charge in [0.2, 0.25) is 0 Å². The Morgan fingerprint density at radius 1 is 1.00 bits per heavy atom. The summed E-state index contributed by atoms with van der Waals surface area (Å²) in [5.74, 6) is 1.60. The highest BCUT2D eigenvalue weighted by atomic mass is 32.1. The number of para-hydroxylation sites is 1. The molecule has 0 aromatic heterocycles. The summed E-state index contributed by atoms with van der Waals surface area (Å²) < 4.78 is 5.72. The lowest BCUT2D eigenvalue weighted by Crippen LogP contribution is -2.23. The predicted molar refractivity (Wildman–Crippen MR) is 87.1 cm³/mol. The minimum atomic E-state index is 0.555. The molecule has 0 saturated carbocycles. The summed E-state index contributed by atoms with van der Waals surface area (Å²) in [6, 6.07) is 17.3. The third kappa shape index (κ3) is 4.40. The zero-order valence-corrected chi connectivity index (χ0v) is 12.0. The Labute approximate surface area is 124 Å². The number of nitrogens with one attached hydrogen (secondary N) is 2. The smallest absolute Gasteiger partial charge is 0.174 e. The van der Waals surface area contributed by atoms with E-state index in [1.165, 1.54) is 0 Å². The Kier molecular flexibility index (Phi) is 5.15. The Morgan fingerprint density at radius 3 is 2.30 bits per heavy atom. The first-order chi connectivity index (χ1) is 9.78. The molecule has 2 rings (SSSR count). The fourth-order valence-electron chi connectivity index (χ4n) is 1.56. The summed E-state index contributed by atoms with van der Waals surface area (Å²) in [5, 5.41) is 6.58. The van der Waals surface area contributed by atoms with Crippen LogP contribution in [0.5, 0.6) is 11.5 Å². The molecule has 2 aromatic carbocycles. The van der Waals surface area contributed by atoms with Crippen LogP contribution in [-0.4, -0.2) is 5.11 Å². The highest BCUT2D eigenvalue weighted by Gasteiger charge is 1.98. The minimum absolute atomic E-state index is 0.555. The summed E-state index contributed by atoms with van der Waals surface area (Å²) in [6.45, 7) is 1.92. The van der Waals surface area contributed by atoms with Crippen LogP contribution in [0.2, 0.25) is 0 Å². The van der Waals surface area contributed by atoms with Gasteiger partial charge in [-0.05, 0) is 61.7 Å². The van der Waals surface area contributed by atoms with E-state index < -0.39 is 0 Å². The van der Waals surface area contributed by atoms with Crippen LogP contribution in [0.1, 0.15) is 6.92 Å². The topological polar surface area (TPSA) is 33.3 Å². The molecule has 0 amide bonds. The highest BCUT2D eigenvalue weighted by Crippen LogP contribution is 2.22. The predicted octanol–water partition coefficient (Wildman–Crippen LogP) is 4.30. The molecule has 0 unspecified atom stereocenters. The van der Waals surface area contributed by atoms with E-state index in [2.05, 4.69) is 10.6 Å². The number of benzene rings is 2. The Hall–Kier alpha value is -2.33. The molecule has 102 valence electrons. The van der Waals surface area contributed by atoms with Crippen molar-refractivity contribution in [1.29, 1.82) is 0 Å². The van der Waals surface area contributed by atoms with E-state index in [1.807, 2.05) is 67.6 Å². The Balaban J connectivity index is 1.94. The monoisotopic (exact) mass is 284 g/mol. The molecule has 0 atom stereocenters. The number of hydrogen-bond donors (Lipinski definition) is 2. The molecule has 0 aliphatic rings. The van der Waals surface area contributed by atoms with Crippen molar-refractivity contribution in [3.8, 4) is 11.5 Å². The van der Waals surface area contributed by atoms with Crippen LogP contribution in [0, 0.1) is 0 Å². The maximum absolute atomic E-state index is 5.72. The van der Waals surface area contributed by atoms with Gasteiger partial charge in [0.25, 0.3) is 0 Å². The second-order valence-corrected chi connectivity index (χ2v) is 4.45. The molecule has 4 heteroatoms. The average molecular weight is 284 g/mol. The van der Waals surface area contributed by atoms with E-state index in [-0.39, 0.29) is 0 Å². The van der Waals surface area contributed by atoms with E-state index in [1.54, 1.807) is 6.20 Å². The molecule has 0 aliphatic heterocycles. The lowest BCUT2D eigenvalue weighted by Gasteiger charge is -2.09. The molecule has 20 heavy (non-hydrogen) atoms. The molecule has 0 fully saturated rings. The van der Waals surface area contributed by atoms with Gasteiger partial charge in [0, 0.05) is 5.69 Å². The first-order valence-corrected chi connectivity index (χ1v) is 6.70. The number of hydrogen-bond acceptors (Lipinski definition) is 2. The molecule has 0 heterocycles. The molecule has 0 aliphatic carbocycles. The zero-order valence-electron chi connectivity index (χ0n) is 11.2. The van der Waals surface area contributed by atoms with Crippen molar-refractivity contribution in [2.75, 3.05) is 5.32 Å². The number of thiocarbonyl (C=S) groups is 1. The molecular weight excluding hydrogens is 268 g/mol. The molecular formula is C16H16N2OS. The second kappa shape index (κ2) is 7.31. The van der Waals surface area contributed by atoms with Crippen LogP contribution >= 0.6 is 12.2 Å². The first-order valence-electron chi connectivity index (χ1n) is 6.29. The van der Waals surface area contributed by atoms with E-state index in [0.29, 0.717) is 5.11 Å². The molecule has 0 spiro atoms. The maximum atomic E-state index is 5.72. The van der Waals surface area contributed by atoms with Gasteiger partial charge in [-0.2, -0.15) is 0 Å². The minimum Gasteiger partial charge on any atom is -0.457 e. The average Bonchev–Trinajstić information content (AvgIpc) is 2.48. The van der Waals surface area contributed by atoms with Gasteiger partial charge in [-0.1, -0.05) is 24.3 Å². The summed E-state index contributed by atoms with van der Waals surface area (Å²) in [4.78, 5) is 0. The van der Waals surface area contributed by atoms with Gasteiger partial charge in [0.1, 0.15) is 11.5 Å². The summed E-state index contributed by atoms with van der Waals surface area (Å²) in [7, 11) is 0. The maximum Gasteiger partial charge on any atom is 0.174 e. The van der Waals surface area contributed by atoms with Crippen molar-refractivity contribution >= 4 is 23.0 Å². The quantitative estimate of drug-likeness (QED) is 0.820. The van der Waals surface area contributed by atoms with Crippen LogP contribution in [0.4, 0.5) is 5.69 Å². The molecule has 0 bridgehead atoms. The van der Waals surface area contributed by atoms with Crippen molar-refractivity contribution in [2.24, 2.45) is 0 Å². The third-order valence-corrected chi connectivity index (χ3v) is 2.69. The molecule has 0 radical (unpaired) electrons. The fraction of sp³-hybridized carbons (Fsp3) is 0.0625. The second-order valence-electron chi connectivity index (χ2n) is 4.04. The van der Waals surface area contributed by atoms with Crippen molar-refractivity contribution in [3.63, 3.8) is 0 Å². The van der Waals surface area contributed by atoms with E-state index in [4.69, 9.17) is 17.0 Å². The molecule has 0 saturated heterocycles. The van der Waals surface area contributed by atoms with Crippen molar-refractivity contribution in [2.45, 2.75) is 6.92 Å². The van der Waals surface area contributed by atoms with Crippen LogP contribution in [0.3, 0.4) is 0 Å². The van der Waals surface area contributed by atoms with E-state index in [9.17, 15) is 0 Å². The Bertz CT molecular complexity index is 579. The molecule has 2 N–H and O–H groups in total. The SMILES string of the molecule is CC=CNC(=S)Nc1ccc(Oc2ccccc2)cc1. The van der Waals surface area contributed by atoms with Crippen LogP contribution in [0.25, 0.3) is 0 Å². The first kappa shape index (κ1) is 14.1. The lowest BCUT2D eigenvalue weighted by atomic mass is 10.3. The Morgan fingerprint density at radius 2 is 1.65 bits per heavy atom. The third-order valence-electron chi connectivity index (χ3n) is 2.47. The van der Waals surface area contributed by atoms with Gasteiger partial charge in [-0.3, -0.25) is 0 Å². The largest absolute Gasteiger partial charge is 0.457 e. The van der Waals surface area contributed by atoms with Crippen molar-refractivity contribution in [3.05, 3.63) is 66.9 Å². The van der Waals surface area contributed by atoms with Crippen LogP contribution in [-0.2, 0) is 0 Å². The summed E-state index contributed by atoms with van der Waals surface area (Å²) in [6.07, 6.45) is 3.66. The van der Waals surface area contributed by atoms with Gasteiger partial charge >= 0.3 is 0 Å². The van der Waals surface area contributed by atoms with Crippen LogP contribution < -0.4 is 15.4 Å². The molecule has 3 nitrogen and oxygen atoms in total. The number of anilines is 1. The number of allylic oxidation sites excluding steroid dienone is 1. The van der Waals surface area contributed by atoms with Gasteiger partial charge in [0.15, 0.2) is 5.11 Å². The van der Waals surface area contributed by atoms with Crippen molar-refractivity contribution < 1.29 is 4.74 Å². The normalized spacial score (nSPS) is 10.2. The van der Waals surface area contributed by atoms with Gasteiger partial charge in [0.05, 0.1) is 0 Å². The van der Waals surface area contributed by atoms with E-state index in [0.717, 1.165) is 17.2 Å².